The maximum absolute atomic E-state index is 12.8. The Morgan fingerprint density at radius 1 is 1.03 bits per heavy atom. The van der Waals surface area contributed by atoms with E-state index < -0.39 is 5.97 Å². The third-order valence-electron chi connectivity index (χ3n) is 4.98. The number of fused-ring (bicyclic) bond motifs is 1. The van der Waals surface area contributed by atoms with Crippen LogP contribution in [0, 0.1) is 13.8 Å². The second kappa shape index (κ2) is 8.48. The molecule has 31 heavy (non-hydrogen) atoms. The molecule has 0 spiro atoms. The maximum atomic E-state index is 12.8. The number of benzene rings is 3. The SMILES string of the molecule is CCOc1ccc(/C=C2\Oc3c(ccc(OC(=O)c4cccc(C)c4)c3C)C2=O)cc1. The number of esters is 1. The quantitative estimate of drug-likeness (QED) is 0.312. The van der Waals surface area contributed by atoms with Crippen molar-refractivity contribution in [2.24, 2.45) is 0 Å². The van der Waals surface area contributed by atoms with Crippen LogP contribution in [0.25, 0.3) is 6.08 Å². The molecular formula is C26H22O5. The van der Waals surface area contributed by atoms with Gasteiger partial charge in [-0.1, -0.05) is 29.8 Å². The third kappa shape index (κ3) is 4.21. The molecule has 0 aromatic heterocycles. The van der Waals surface area contributed by atoms with Gasteiger partial charge in [0.05, 0.1) is 17.7 Å². The number of carbonyl (C=O) groups excluding carboxylic acids is 2. The largest absolute Gasteiger partial charge is 0.494 e. The average Bonchev–Trinajstić information content (AvgIpc) is 3.08. The Kier molecular flexibility index (Phi) is 5.58. The molecule has 0 atom stereocenters. The van der Waals surface area contributed by atoms with Gasteiger partial charge < -0.3 is 14.2 Å². The molecule has 1 aliphatic heterocycles. The van der Waals surface area contributed by atoms with Crippen LogP contribution in [0.2, 0.25) is 0 Å². The van der Waals surface area contributed by atoms with Crippen molar-refractivity contribution in [2.45, 2.75) is 20.8 Å². The van der Waals surface area contributed by atoms with Gasteiger partial charge in [-0.3, -0.25) is 4.79 Å². The average molecular weight is 414 g/mol. The molecule has 3 aromatic rings. The number of Topliss-reactive ketones (excluding diaryl/α,β-unsaturated/α-hetero) is 1. The molecule has 1 aliphatic rings. The van der Waals surface area contributed by atoms with Crippen LogP contribution in [0.3, 0.4) is 0 Å². The molecule has 0 saturated heterocycles. The summed E-state index contributed by atoms with van der Waals surface area (Å²) in [5.74, 6) is 1.11. The predicted octanol–water partition coefficient (Wildman–Crippen LogP) is 5.54. The van der Waals surface area contributed by atoms with Gasteiger partial charge in [0.15, 0.2) is 5.76 Å². The van der Waals surface area contributed by atoms with E-state index in [1.807, 2.05) is 44.2 Å². The standard InChI is InChI=1S/C26H22O5/c1-4-29-20-10-8-18(9-11-20)15-23-24(27)21-12-13-22(17(3)25(21)30-23)31-26(28)19-7-5-6-16(2)14-19/h5-15H,4H2,1-3H3/b23-15-. The number of aryl methyl sites for hydroxylation is 1. The van der Waals surface area contributed by atoms with E-state index in [2.05, 4.69) is 0 Å². The summed E-state index contributed by atoms with van der Waals surface area (Å²) < 4.78 is 16.9. The van der Waals surface area contributed by atoms with E-state index in [9.17, 15) is 9.59 Å². The van der Waals surface area contributed by atoms with Gasteiger partial charge in [0.1, 0.15) is 17.2 Å². The minimum atomic E-state index is -0.457. The molecule has 0 radical (unpaired) electrons. The van der Waals surface area contributed by atoms with Gasteiger partial charge in [-0.25, -0.2) is 4.79 Å². The van der Waals surface area contributed by atoms with E-state index in [1.54, 1.807) is 43.3 Å². The number of hydrogen-bond acceptors (Lipinski definition) is 5. The van der Waals surface area contributed by atoms with Crippen LogP contribution in [0.15, 0.2) is 66.4 Å². The molecule has 3 aromatic carbocycles. The summed E-state index contributed by atoms with van der Waals surface area (Å²) in [7, 11) is 0. The highest BCUT2D eigenvalue weighted by Gasteiger charge is 2.30. The Balaban J connectivity index is 1.57. The van der Waals surface area contributed by atoms with Crippen LogP contribution in [0.5, 0.6) is 17.2 Å². The summed E-state index contributed by atoms with van der Waals surface area (Å²) in [6.45, 7) is 6.19. The number of carbonyl (C=O) groups is 2. The molecule has 0 N–H and O–H groups in total. The smallest absolute Gasteiger partial charge is 0.343 e. The molecule has 1 heterocycles. The normalized spacial score (nSPS) is 13.6. The number of allylic oxidation sites excluding steroid dienone is 1. The molecule has 156 valence electrons. The summed E-state index contributed by atoms with van der Waals surface area (Å²) in [6, 6.07) is 17.9. The lowest BCUT2D eigenvalue weighted by Crippen LogP contribution is -2.09. The van der Waals surface area contributed by atoms with E-state index in [0.717, 1.165) is 16.9 Å². The molecule has 0 aliphatic carbocycles. The molecule has 0 bridgehead atoms. The van der Waals surface area contributed by atoms with Crippen LogP contribution in [0.1, 0.15) is 44.3 Å². The topological polar surface area (TPSA) is 61.8 Å². The first-order valence-electron chi connectivity index (χ1n) is 10.1. The highest BCUT2D eigenvalue weighted by molar-refractivity contribution is 6.15. The maximum Gasteiger partial charge on any atom is 0.343 e. The summed E-state index contributed by atoms with van der Waals surface area (Å²) in [5, 5.41) is 0. The second-order valence-corrected chi connectivity index (χ2v) is 7.27. The summed E-state index contributed by atoms with van der Waals surface area (Å²) in [4.78, 5) is 25.3. The van der Waals surface area contributed by atoms with Crippen molar-refractivity contribution < 1.29 is 23.8 Å². The molecule has 0 unspecified atom stereocenters. The van der Waals surface area contributed by atoms with Crippen LogP contribution in [-0.4, -0.2) is 18.4 Å². The van der Waals surface area contributed by atoms with Crippen molar-refractivity contribution in [3.8, 4) is 17.2 Å². The van der Waals surface area contributed by atoms with Gasteiger partial charge >= 0.3 is 5.97 Å². The Morgan fingerprint density at radius 2 is 1.81 bits per heavy atom. The van der Waals surface area contributed by atoms with Gasteiger partial charge in [-0.05, 0) is 68.8 Å². The Hall–Kier alpha value is -3.86. The van der Waals surface area contributed by atoms with Crippen molar-refractivity contribution in [2.75, 3.05) is 6.61 Å². The first-order valence-corrected chi connectivity index (χ1v) is 10.1. The highest BCUT2D eigenvalue weighted by atomic mass is 16.5. The van der Waals surface area contributed by atoms with Crippen molar-refractivity contribution in [3.05, 3.63) is 94.2 Å². The lowest BCUT2D eigenvalue weighted by Gasteiger charge is -2.10. The minimum Gasteiger partial charge on any atom is -0.494 e. The van der Waals surface area contributed by atoms with Gasteiger partial charge in [-0.15, -0.1) is 0 Å². The van der Waals surface area contributed by atoms with Gasteiger partial charge in [0.25, 0.3) is 0 Å². The monoisotopic (exact) mass is 414 g/mol. The number of ether oxygens (including phenoxy) is 3. The van der Waals surface area contributed by atoms with Crippen LogP contribution in [0.4, 0.5) is 0 Å². The zero-order valence-electron chi connectivity index (χ0n) is 17.6. The zero-order chi connectivity index (χ0) is 22.0. The van der Waals surface area contributed by atoms with E-state index >= 15 is 0 Å². The molecule has 4 rings (SSSR count). The summed E-state index contributed by atoms with van der Waals surface area (Å²) in [6.07, 6.45) is 1.69. The fourth-order valence-electron chi connectivity index (χ4n) is 3.39. The fourth-order valence-corrected chi connectivity index (χ4v) is 3.39. The van der Waals surface area contributed by atoms with E-state index in [1.165, 1.54) is 0 Å². The number of rotatable bonds is 5. The Bertz CT molecular complexity index is 1190. The Morgan fingerprint density at radius 3 is 2.52 bits per heavy atom. The summed E-state index contributed by atoms with van der Waals surface area (Å²) >= 11 is 0. The van der Waals surface area contributed by atoms with E-state index in [4.69, 9.17) is 14.2 Å². The molecular weight excluding hydrogens is 392 g/mol. The lowest BCUT2D eigenvalue weighted by molar-refractivity contribution is 0.0733. The molecule has 0 amide bonds. The van der Waals surface area contributed by atoms with Gasteiger partial charge in [0.2, 0.25) is 5.78 Å². The molecule has 0 saturated carbocycles. The molecule has 0 fully saturated rings. The minimum absolute atomic E-state index is 0.205. The lowest BCUT2D eigenvalue weighted by atomic mass is 10.1. The second-order valence-electron chi connectivity index (χ2n) is 7.27. The Labute approximate surface area is 180 Å². The van der Waals surface area contributed by atoms with Crippen molar-refractivity contribution in [1.29, 1.82) is 0 Å². The number of ketones is 1. The summed E-state index contributed by atoms with van der Waals surface area (Å²) in [5.41, 5.74) is 3.31. The first kappa shape index (κ1) is 20.4. The zero-order valence-corrected chi connectivity index (χ0v) is 17.6. The van der Waals surface area contributed by atoms with Crippen molar-refractivity contribution in [1.82, 2.24) is 0 Å². The van der Waals surface area contributed by atoms with E-state index in [-0.39, 0.29) is 11.5 Å². The predicted molar refractivity (Wildman–Crippen MR) is 118 cm³/mol. The third-order valence-corrected chi connectivity index (χ3v) is 4.98. The highest BCUT2D eigenvalue weighted by Crippen LogP contribution is 2.39. The van der Waals surface area contributed by atoms with Crippen molar-refractivity contribution in [3.63, 3.8) is 0 Å². The molecule has 5 heteroatoms. The van der Waals surface area contributed by atoms with Crippen LogP contribution in [-0.2, 0) is 0 Å². The van der Waals surface area contributed by atoms with Crippen LogP contribution < -0.4 is 14.2 Å². The van der Waals surface area contributed by atoms with E-state index in [0.29, 0.717) is 34.8 Å². The number of hydrogen-bond donors (Lipinski definition) is 0. The van der Waals surface area contributed by atoms with Gasteiger partial charge in [-0.2, -0.15) is 0 Å². The fraction of sp³-hybridized carbons (Fsp3) is 0.154. The molecule has 5 nitrogen and oxygen atoms in total. The van der Waals surface area contributed by atoms with Crippen molar-refractivity contribution >= 4 is 17.8 Å². The first-order chi connectivity index (χ1) is 15.0. The van der Waals surface area contributed by atoms with Crippen LogP contribution >= 0.6 is 0 Å². The van der Waals surface area contributed by atoms with Gasteiger partial charge in [0, 0.05) is 5.56 Å².